The Morgan fingerprint density at radius 3 is 1.85 bits per heavy atom. The highest BCUT2D eigenvalue weighted by atomic mass is 28.4. The number of methoxy groups -OCH3 is 1. The van der Waals surface area contributed by atoms with E-state index in [2.05, 4.69) is 74.7 Å². The zero-order valence-electron chi connectivity index (χ0n) is 28.9. The van der Waals surface area contributed by atoms with Gasteiger partial charge in [-0.2, -0.15) is 0 Å². The molecule has 0 heterocycles. The molecule has 0 aromatic heterocycles. The number of hydrogen-bond acceptors (Lipinski definition) is 6. The molecule has 0 aliphatic heterocycles. The summed E-state index contributed by atoms with van der Waals surface area (Å²) in [6.45, 7) is 25.1. The van der Waals surface area contributed by atoms with E-state index in [9.17, 15) is 14.7 Å². The number of carbonyl (C=O) groups excluding carboxylic acids is 2. The van der Waals surface area contributed by atoms with Crippen molar-refractivity contribution in [2.75, 3.05) is 13.7 Å². The number of Topliss-reactive ketones (excluding diaryl/α,β-unsaturated/α-hetero) is 1. The van der Waals surface area contributed by atoms with E-state index in [4.69, 9.17) is 13.6 Å². The van der Waals surface area contributed by atoms with Crippen LogP contribution in [0, 0.1) is 17.8 Å². The number of carbonyl (C=O) groups is 2. The maximum absolute atomic E-state index is 12.2. The van der Waals surface area contributed by atoms with Crippen molar-refractivity contribution in [3.05, 3.63) is 0 Å². The van der Waals surface area contributed by atoms with E-state index in [0.29, 0.717) is 30.6 Å². The quantitative estimate of drug-likeness (QED) is 0.0945. The summed E-state index contributed by atoms with van der Waals surface area (Å²) in [4.78, 5) is 23.8. The second-order valence-electron chi connectivity index (χ2n) is 15.6. The van der Waals surface area contributed by atoms with Crippen LogP contribution in [0.2, 0.25) is 36.3 Å². The number of esters is 1. The molecule has 6 nitrogen and oxygen atoms in total. The first-order valence-electron chi connectivity index (χ1n) is 16.4. The summed E-state index contributed by atoms with van der Waals surface area (Å²) >= 11 is 0. The Hall–Kier alpha value is -0.546. The molecule has 242 valence electrons. The number of hydrogen-bond donors (Lipinski definition) is 1. The minimum absolute atomic E-state index is 0.0674. The van der Waals surface area contributed by atoms with Crippen LogP contribution < -0.4 is 0 Å². The van der Waals surface area contributed by atoms with Crippen LogP contribution in [-0.2, 0) is 23.2 Å². The normalized spacial score (nSPS) is 23.0. The standard InChI is InChI=1S/C33H66O6Si2/c1-13-18-25(21-22-26(35)24-34)31-27(19-16-14-15-17-20-30(36)37-8)28(38-40(9,10)32(2,3)4)23-29(31)39-41(11,12)33(5,6)7/h25,27-29,31,34H,13-24H2,1-12H3. The second-order valence-corrected chi connectivity index (χ2v) is 25.1. The highest BCUT2D eigenvalue weighted by Crippen LogP contribution is 2.51. The Balaban J connectivity index is 3.39. The van der Waals surface area contributed by atoms with E-state index in [1.54, 1.807) is 0 Å². The van der Waals surface area contributed by atoms with Gasteiger partial charge in [-0.3, -0.25) is 9.59 Å². The molecule has 0 saturated heterocycles. The molecule has 0 aromatic carbocycles. The molecule has 1 aliphatic rings. The molecule has 1 N–H and O–H groups in total. The van der Waals surface area contributed by atoms with Crippen molar-refractivity contribution < 1.29 is 28.3 Å². The largest absolute Gasteiger partial charge is 0.469 e. The number of unbranched alkanes of at least 4 members (excludes halogenated alkanes) is 3. The van der Waals surface area contributed by atoms with Gasteiger partial charge in [0.15, 0.2) is 22.4 Å². The fraction of sp³-hybridized carbons (Fsp3) is 0.939. The topological polar surface area (TPSA) is 82.1 Å². The first-order chi connectivity index (χ1) is 18.8. The SMILES string of the molecule is CCCC(CCC(=O)CO)C1C(O[Si](C)(C)C(C)(C)C)CC(O[Si](C)(C)C(C)(C)C)C1CCCCCCC(=O)OC. The van der Waals surface area contributed by atoms with Crippen molar-refractivity contribution in [3.8, 4) is 0 Å². The molecule has 8 heteroatoms. The van der Waals surface area contributed by atoms with Gasteiger partial charge in [-0.15, -0.1) is 0 Å². The first kappa shape index (κ1) is 38.5. The van der Waals surface area contributed by atoms with Gasteiger partial charge in [-0.1, -0.05) is 80.6 Å². The Labute approximate surface area is 255 Å². The van der Waals surface area contributed by atoms with Crippen molar-refractivity contribution in [1.29, 1.82) is 0 Å². The number of rotatable bonds is 18. The summed E-state index contributed by atoms with van der Waals surface area (Å²) in [5, 5.41) is 9.69. The fourth-order valence-corrected chi connectivity index (χ4v) is 8.66. The lowest BCUT2D eigenvalue weighted by atomic mass is 9.75. The van der Waals surface area contributed by atoms with E-state index in [1.807, 2.05) is 0 Å². The van der Waals surface area contributed by atoms with Gasteiger partial charge in [0, 0.05) is 12.8 Å². The predicted octanol–water partition coefficient (Wildman–Crippen LogP) is 8.67. The van der Waals surface area contributed by atoms with Gasteiger partial charge in [-0.25, -0.2) is 0 Å². The minimum Gasteiger partial charge on any atom is -0.469 e. The van der Waals surface area contributed by atoms with E-state index < -0.39 is 16.6 Å². The molecule has 1 saturated carbocycles. The zero-order chi connectivity index (χ0) is 31.6. The van der Waals surface area contributed by atoms with E-state index >= 15 is 0 Å². The molecule has 5 atom stereocenters. The van der Waals surface area contributed by atoms with Crippen LogP contribution in [0.15, 0.2) is 0 Å². The average molecular weight is 615 g/mol. The smallest absolute Gasteiger partial charge is 0.305 e. The number of aliphatic hydroxyl groups is 1. The lowest BCUT2D eigenvalue weighted by molar-refractivity contribution is -0.140. The van der Waals surface area contributed by atoms with Gasteiger partial charge in [0.2, 0.25) is 0 Å². The fourth-order valence-electron chi connectivity index (χ4n) is 5.92. The molecule has 1 aliphatic carbocycles. The highest BCUT2D eigenvalue weighted by molar-refractivity contribution is 6.74. The number of ketones is 1. The van der Waals surface area contributed by atoms with Crippen molar-refractivity contribution in [2.24, 2.45) is 17.8 Å². The van der Waals surface area contributed by atoms with Crippen LogP contribution in [0.25, 0.3) is 0 Å². The van der Waals surface area contributed by atoms with Crippen LogP contribution in [0.5, 0.6) is 0 Å². The van der Waals surface area contributed by atoms with Gasteiger partial charge in [0.05, 0.1) is 19.3 Å². The molecular weight excluding hydrogens is 549 g/mol. The van der Waals surface area contributed by atoms with Crippen molar-refractivity contribution in [1.82, 2.24) is 0 Å². The van der Waals surface area contributed by atoms with Gasteiger partial charge in [-0.05, 0) is 79.7 Å². The maximum Gasteiger partial charge on any atom is 0.305 e. The maximum atomic E-state index is 12.2. The monoisotopic (exact) mass is 614 g/mol. The predicted molar refractivity (Wildman–Crippen MR) is 175 cm³/mol. The molecule has 1 rings (SSSR count). The van der Waals surface area contributed by atoms with Crippen molar-refractivity contribution >= 4 is 28.4 Å². The summed E-state index contributed by atoms with van der Waals surface area (Å²) in [6, 6.07) is 0. The zero-order valence-corrected chi connectivity index (χ0v) is 30.9. The number of ether oxygens (including phenoxy) is 1. The molecule has 5 unspecified atom stereocenters. The average Bonchev–Trinajstić information content (AvgIpc) is 3.16. The third kappa shape index (κ3) is 11.8. The van der Waals surface area contributed by atoms with Crippen LogP contribution in [0.3, 0.4) is 0 Å². The summed E-state index contributed by atoms with van der Waals surface area (Å²) in [7, 11) is -2.61. The van der Waals surface area contributed by atoms with Crippen LogP contribution in [-0.4, -0.2) is 59.4 Å². The van der Waals surface area contributed by atoms with Gasteiger partial charge in [0.1, 0.15) is 6.61 Å². The lowest BCUT2D eigenvalue weighted by Gasteiger charge is -2.42. The third-order valence-electron chi connectivity index (χ3n) is 10.4. The van der Waals surface area contributed by atoms with Gasteiger partial charge in [0.25, 0.3) is 0 Å². The van der Waals surface area contributed by atoms with E-state index in [0.717, 1.165) is 57.8 Å². The lowest BCUT2D eigenvalue weighted by Crippen LogP contribution is -2.46. The second kappa shape index (κ2) is 16.5. The van der Waals surface area contributed by atoms with Gasteiger partial charge < -0.3 is 18.7 Å². The van der Waals surface area contributed by atoms with Gasteiger partial charge >= 0.3 is 5.97 Å². The summed E-state index contributed by atoms with van der Waals surface area (Å²) in [6.07, 6.45) is 10.2. The third-order valence-corrected chi connectivity index (χ3v) is 19.4. The van der Waals surface area contributed by atoms with Crippen molar-refractivity contribution in [2.45, 2.75) is 168 Å². The molecule has 41 heavy (non-hydrogen) atoms. The molecule has 0 aromatic rings. The summed E-state index contributed by atoms with van der Waals surface area (Å²) in [5.41, 5.74) is 0. The van der Waals surface area contributed by atoms with Crippen LogP contribution in [0.4, 0.5) is 0 Å². The molecule has 0 bridgehead atoms. The Morgan fingerprint density at radius 2 is 1.37 bits per heavy atom. The Bertz CT molecular complexity index is 799. The molecule has 0 spiro atoms. The van der Waals surface area contributed by atoms with E-state index in [1.165, 1.54) is 7.11 Å². The van der Waals surface area contributed by atoms with Crippen LogP contribution >= 0.6 is 0 Å². The minimum atomic E-state index is -2.04. The summed E-state index contributed by atoms with van der Waals surface area (Å²) < 4.78 is 19.3. The van der Waals surface area contributed by atoms with Crippen LogP contribution in [0.1, 0.15) is 119 Å². The molecule has 0 amide bonds. The molecule has 1 fully saturated rings. The Morgan fingerprint density at radius 1 is 0.829 bits per heavy atom. The van der Waals surface area contributed by atoms with Crippen molar-refractivity contribution in [3.63, 3.8) is 0 Å². The van der Waals surface area contributed by atoms with E-state index in [-0.39, 0.29) is 40.6 Å². The Kier molecular flexibility index (Phi) is 15.5. The highest BCUT2D eigenvalue weighted by Gasteiger charge is 2.52. The number of aliphatic hydroxyl groups excluding tert-OH is 1. The summed E-state index contributed by atoms with van der Waals surface area (Å²) in [5.74, 6) is 0.875. The molecular formula is C33H66O6Si2. The first-order valence-corrected chi connectivity index (χ1v) is 22.2. The molecule has 0 radical (unpaired) electrons.